The Balaban J connectivity index is 2.30. The molecule has 0 fully saturated rings. The molecule has 1 rings (SSSR count). The molecule has 1 amide bonds. The van der Waals surface area contributed by atoms with Crippen molar-refractivity contribution in [3.8, 4) is 0 Å². The van der Waals surface area contributed by atoms with Gasteiger partial charge in [-0.2, -0.15) is 0 Å². The van der Waals surface area contributed by atoms with Crippen molar-refractivity contribution in [2.45, 2.75) is 19.4 Å². The average Bonchev–Trinajstić information content (AvgIpc) is 2.38. The minimum atomic E-state index is -0.392. The Kier molecular flexibility index (Phi) is 5.49. The lowest BCUT2D eigenvalue weighted by molar-refractivity contribution is -0.122. The third-order valence-corrected chi connectivity index (χ3v) is 2.72. The van der Waals surface area contributed by atoms with Gasteiger partial charge < -0.3 is 16.0 Å². The highest BCUT2D eigenvalue weighted by Gasteiger charge is 2.09. The second-order valence-electron chi connectivity index (χ2n) is 4.06. The van der Waals surface area contributed by atoms with Gasteiger partial charge in [0.15, 0.2) is 0 Å². The second-order valence-corrected chi connectivity index (χ2v) is 4.06. The number of para-hydroxylation sites is 1. The van der Waals surface area contributed by atoms with E-state index in [-0.39, 0.29) is 5.91 Å². The summed E-state index contributed by atoms with van der Waals surface area (Å²) in [5, 5.41) is 2.83. The third-order valence-electron chi connectivity index (χ3n) is 2.72. The molecule has 0 heterocycles. The maximum absolute atomic E-state index is 11.4. The van der Waals surface area contributed by atoms with Crippen LogP contribution in [0.1, 0.15) is 13.3 Å². The Hall–Kier alpha value is -1.55. The lowest BCUT2D eigenvalue weighted by atomic mass is 10.2. The number of carbonyl (C=O) groups excluding carboxylic acids is 1. The molecule has 1 aromatic rings. The van der Waals surface area contributed by atoms with Crippen molar-refractivity contribution >= 4 is 11.6 Å². The Morgan fingerprint density at radius 2 is 2.06 bits per heavy atom. The SMILES string of the molecule is CC[C@H](N)C(=O)NCCN(C)c1ccccc1. The predicted molar refractivity (Wildman–Crippen MR) is 71.0 cm³/mol. The number of anilines is 1. The van der Waals surface area contributed by atoms with Crippen LogP contribution in [0.15, 0.2) is 30.3 Å². The number of nitrogens with two attached hydrogens (primary N) is 1. The molecule has 1 atom stereocenters. The van der Waals surface area contributed by atoms with Gasteiger partial charge in [0.25, 0.3) is 0 Å². The summed E-state index contributed by atoms with van der Waals surface area (Å²) in [6, 6.07) is 9.67. The minimum Gasteiger partial charge on any atom is -0.373 e. The minimum absolute atomic E-state index is 0.0750. The summed E-state index contributed by atoms with van der Waals surface area (Å²) >= 11 is 0. The summed E-state index contributed by atoms with van der Waals surface area (Å²) in [6.45, 7) is 3.28. The van der Waals surface area contributed by atoms with E-state index in [1.807, 2.05) is 44.3 Å². The van der Waals surface area contributed by atoms with E-state index in [1.54, 1.807) is 0 Å². The first kappa shape index (κ1) is 13.5. The van der Waals surface area contributed by atoms with Crippen molar-refractivity contribution in [2.24, 2.45) is 5.73 Å². The average molecular weight is 235 g/mol. The van der Waals surface area contributed by atoms with Crippen LogP contribution in [-0.2, 0) is 4.79 Å². The van der Waals surface area contributed by atoms with Gasteiger partial charge in [-0.15, -0.1) is 0 Å². The van der Waals surface area contributed by atoms with E-state index in [2.05, 4.69) is 10.2 Å². The summed E-state index contributed by atoms with van der Waals surface area (Å²) < 4.78 is 0. The number of hydrogen-bond donors (Lipinski definition) is 2. The lowest BCUT2D eigenvalue weighted by Crippen LogP contribution is -2.42. The van der Waals surface area contributed by atoms with Gasteiger partial charge in [-0.1, -0.05) is 25.1 Å². The van der Waals surface area contributed by atoms with E-state index in [4.69, 9.17) is 5.73 Å². The van der Waals surface area contributed by atoms with Crippen molar-refractivity contribution in [1.29, 1.82) is 0 Å². The van der Waals surface area contributed by atoms with E-state index in [9.17, 15) is 4.79 Å². The van der Waals surface area contributed by atoms with Crippen LogP contribution in [0.25, 0.3) is 0 Å². The van der Waals surface area contributed by atoms with Gasteiger partial charge >= 0.3 is 0 Å². The molecule has 0 spiro atoms. The zero-order valence-corrected chi connectivity index (χ0v) is 10.5. The van der Waals surface area contributed by atoms with Crippen LogP contribution in [0.2, 0.25) is 0 Å². The van der Waals surface area contributed by atoms with Gasteiger partial charge in [-0.25, -0.2) is 0 Å². The Labute approximate surface area is 103 Å². The normalized spacial score (nSPS) is 11.9. The van der Waals surface area contributed by atoms with Crippen molar-refractivity contribution in [3.05, 3.63) is 30.3 Å². The molecule has 4 heteroatoms. The molecule has 0 aliphatic heterocycles. The fraction of sp³-hybridized carbons (Fsp3) is 0.462. The molecule has 0 saturated heterocycles. The first-order chi connectivity index (χ1) is 8.15. The largest absolute Gasteiger partial charge is 0.373 e. The van der Waals surface area contributed by atoms with Gasteiger partial charge in [0, 0.05) is 25.8 Å². The summed E-state index contributed by atoms with van der Waals surface area (Å²) in [5.41, 5.74) is 6.76. The molecular formula is C13H21N3O. The highest BCUT2D eigenvalue weighted by Crippen LogP contribution is 2.09. The van der Waals surface area contributed by atoms with Gasteiger partial charge in [-0.3, -0.25) is 4.79 Å². The standard InChI is InChI=1S/C13H21N3O/c1-3-12(14)13(17)15-9-10-16(2)11-7-5-4-6-8-11/h4-8,12H,3,9-10,14H2,1-2H3,(H,15,17)/t12-/m0/s1. The fourth-order valence-electron chi connectivity index (χ4n) is 1.47. The van der Waals surface area contributed by atoms with Crippen LogP contribution in [0.4, 0.5) is 5.69 Å². The maximum Gasteiger partial charge on any atom is 0.236 e. The quantitative estimate of drug-likeness (QED) is 0.772. The van der Waals surface area contributed by atoms with Gasteiger partial charge in [0.1, 0.15) is 0 Å². The van der Waals surface area contributed by atoms with E-state index >= 15 is 0 Å². The summed E-state index contributed by atoms with van der Waals surface area (Å²) in [5.74, 6) is -0.0750. The van der Waals surface area contributed by atoms with Gasteiger partial charge in [-0.05, 0) is 18.6 Å². The number of carbonyl (C=O) groups is 1. The summed E-state index contributed by atoms with van der Waals surface area (Å²) in [6.07, 6.45) is 0.667. The van der Waals surface area contributed by atoms with Crippen LogP contribution in [0.3, 0.4) is 0 Å². The Morgan fingerprint density at radius 1 is 1.41 bits per heavy atom. The molecule has 0 saturated carbocycles. The van der Waals surface area contributed by atoms with Crippen LogP contribution in [0, 0.1) is 0 Å². The number of nitrogens with zero attached hydrogens (tertiary/aromatic N) is 1. The third kappa shape index (κ3) is 4.44. The molecular weight excluding hydrogens is 214 g/mol. The molecule has 0 aromatic heterocycles. The topological polar surface area (TPSA) is 58.4 Å². The Bertz CT molecular complexity index is 340. The van der Waals surface area contributed by atoms with Crippen molar-refractivity contribution in [2.75, 3.05) is 25.0 Å². The first-order valence-corrected chi connectivity index (χ1v) is 5.94. The predicted octanol–water partition coefficient (Wildman–Crippen LogP) is 0.976. The van der Waals surface area contributed by atoms with Crippen LogP contribution in [-0.4, -0.2) is 32.1 Å². The van der Waals surface area contributed by atoms with Crippen LogP contribution in [0.5, 0.6) is 0 Å². The van der Waals surface area contributed by atoms with Crippen molar-refractivity contribution < 1.29 is 4.79 Å². The van der Waals surface area contributed by atoms with E-state index in [0.29, 0.717) is 13.0 Å². The molecule has 0 radical (unpaired) electrons. The zero-order valence-electron chi connectivity index (χ0n) is 10.5. The lowest BCUT2D eigenvalue weighted by Gasteiger charge is -2.20. The molecule has 0 bridgehead atoms. The number of amides is 1. The fourth-order valence-corrected chi connectivity index (χ4v) is 1.47. The molecule has 17 heavy (non-hydrogen) atoms. The smallest absolute Gasteiger partial charge is 0.236 e. The molecule has 0 unspecified atom stereocenters. The van der Waals surface area contributed by atoms with E-state index in [0.717, 1.165) is 12.2 Å². The van der Waals surface area contributed by atoms with E-state index < -0.39 is 6.04 Å². The highest BCUT2D eigenvalue weighted by molar-refractivity contribution is 5.81. The second kappa shape index (κ2) is 6.91. The summed E-state index contributed by atoms with van der Waals surface area (Å²) in [7, 11) is 2.00. The molecule has 3 N–H and O–H groups in total. The molecule has 94 valence electrons. The monoisotopic (exact) mass is 235 g/mol. The number of likely N-dealkylation sites (N-methyl/N-ethyl adjacent to an activating group) is 1. The number of rotatable bonds is 6. The number of benzene rings is 1. The van der Waals surface area contributed by atoms with Gasteiger partial charge in [0.2, 0.25) is 5.91 Å². The van der Waals surface area contributed by atoms with Gasteiger partial charge in [0.05, 0.1) is 6.04 Å². The first-order valence-electron chi connectivity index (χ1n) is 5.94. The maximum atomic E-state index is 11.4. The van der Waals surface area contributed by atoms with E-state index in [1.165, 1.54) is 0 Å². The van der Waals surface area contributed by atoms with Crippen LogP contribution >= 0.6 is 0 Å². The summed E-state index contributed by atoms with van der Waals surface area (Å²) in [4.78, 5) is 13.5. The number of hydrogen-bond acceptors (Lipinski definition) is 3. The van der Waals surface area contributed by atoms with Crippen molar-refractivity contribution in [3.63, 3.8) is 0 Å². The molecule has 0 aliphatic rings. The Morgan fingerprint density at radius 3 is 2.65 bits per heavy atom. The van der Waals surface area contributed by atoms with Crippen LogP contribution < -0.4 is 16.0 Å². The number of nitrogens with one attached hydrogen (secondary N) is 1. The zero-order chi connectivity index (χ0) is 12.7. The molecule has 4 nitrogen and oxygen atoms in total. The van der Waals surface area contributed by atoms with Crippen molar-refractivity contribution in [1.82, 2.24) is 5.32 Å². The molecule has 0 aliphatic carbocycles. The molecule has 1 aromatic carbocycles. The highest BCUT2D eigenvalue weighted by atomic mass is 16.2.